The van der Waals surface area contributed by atoms with Gasteiger partial charge in [-0.05, 0) is 37.5 Å². The molecule has 1 aromatic rings. The summed E-state index contributed by atoms with van der Waals surface area (Å²) in [6.45, 7) is 7.19. The first-order valence-electron chi connectivity index (χ1n) is 7.69. The number of nitrogens with one attached hydrogen (secondary N) is 2. The fraction of sp³-hybridized carbons (Fsp3) is 0.471. The van der Waals surface area contributed by atoms with E-state index in [2.05, 4.69) is 10.6 Å². The van der Waals surface area contributed by atoms with E-state index in [1.807, 2.05) is 13.8 Å². The highest BCUT2D eigenvalue weighted by molar-refractivity contribution is 6.34. The van der Waals surface area contributed by atoms with Crippen molar-refractivity contribution >= 4 is 35.1 Å². The molecule has 130 valence electrons. The second-order valence-electron chi connectivity index (χ2n) is 6.93. The predicted octanol–water partition coefficient (Wildman–Crippen LogP) is 2.77. The van der Waals surface area contributed by atoms with E-state index in [9.17, 15) is 14.4 Å². The van der Waals surface area contributed by atoms with Gasteiger partial charge in [0.05, 0.1) is 22.4 Å². The highest BCUT2D eigenvalue weighted by Gasteiger charge is 2.65. The number of halogens is 1. The van der Waals surface area contributed by atoms with E-state index in [1.54, 1.807) is 19.9 Å². The van der Waals surface area contributed by atoms with Crippen LogP contribution in [0.25, 0.3) is 0 Å². The van der Waals surface area contributed by atoms with E-state index in [-0.39, 0.29) is 22.9 Å². The molecule has 2 amide bonds. The van der Waals surface area contributed by atoms with E-state index < -0.39 is 23.2 Å². The molecule has 1 aliphatic rings. The Hall–Kier alpha value is -2.08. The fourth-order valence-corrected chi connectivity index (χ4v) is 3.19. The van der Waals surface area contributed by atoms with Crippen LogP contribution in [0.1, 0.15) is 38.1 Å². The van der Waals surface area contributed by atoms with Crippen LogP contribution in [0.5, 0.6) is 0 Å². The lowest BCUT2D eigenvalue weighted by molar-refractivity contribution is -0.140. The Morgan fingerprint density at radius 2 is 1.83 bits per heavy atom. The number of anilines is 1. The van der Waals surface area contributed by atoms with Gasteiger partial charge in [0.25, 0.3) is 5.91 Å². The lowest BCUT2D eigenvalue weighted by Gasteiger charge is -2.11. The average molecular weight is 353 g/mol. The van der Waals surface area contributed by atoms with Gasteiger partial charge in [0, 0.05) is 11.7 Å². The van der Waals surface area contributed by atoms with Crippen LogP contribution in [0.3, 0.4) is 0 Å². The summed E-state index contributed by atoms with van der Waals surface area (Å²) in [5, 5.41) is 14.8. The molecule has 0 aromatic heterocycles. The minimum atomic E-state index is -0.973. The summed E-state index contributed by atoms with van der Waals surface area (Å²) in [5.41, 5.74) is 0.174. The van der Waals surface area contributed by atoms with Crippen molar-refractivity contribution in [3.8, 4) is 0 Å². The van der Waals surface area contributed by atoms with Gasteiger partial charge in [0.1, 0.15) is 0 Å². The van der Waals surface area contributed by atoms with Crippen LogP contribution in [-0.2, 0) is 9.59 Å². The molecule has 1 aliphatic carbocycles. The molecule has 0 radical (unpaired) electrons. The summed E-state index contributed by atoms with van der Waals surface area (Å²) in [5.74, 6) is -2.90. The number of carbonyl (C=O) groups is 3. The molecule has 24 heavy (non-hydrogen) atoms. The number of benzene rings is 1. The molecule has 2 rings (SSSR count). The Labute approximate surface area is 145 Å². The smallest absolute Gasteiger partial charge is 0.307 e. The molecule has 0 unspecified atom stereocenters. The third-order valence-corrected chi connectivity index (χ3v) is 4.59. The minimum Gasteiger partial charge on any atom is -0.481 e. The number of hydrogen-bond acceptors (Lipinski definition) is 3. The zero-order valence-corrected chi connectivity index (χ0v) is 14.8. The van der Waals surface area contributed by atoms with Crippen molar-refractivity contribution in [1.29, 1.82) is 0 Å². The van der Waals surface area contributed by atoms with Crippen molar-refractivity contribution < 1.29 is 19.5 Å². The summed E-state index contributed by atoms with van der Waals surface area (Å²) in [4.78, 5) is 35.4. The standard InChI is InChI=1S/C17H21ClN2O4/c1-8(2)19-14(21)10-6-5-9(7-11(10)18)20-15(22)12-13(16(23)24)17(12,3)4/h5-8,12-13H,1-4H3,(H,19,21)(H,20,22)(H,23,24)/t12-,13-/m1/s1. The summed E-state index contributed by atoms with van der Waals surface area (Å²) in [7, 11) is 0. The van der Waals surface area contributed by atoms with E-state index in [1.165, 1.54) is 12.1 Å². The molecule has 0 spiro atoms. The van der Waals surface area contributed by atoms with Gasteiger partial charge in [-0.2, -0.15) is 0 Å². The maximum atomic E-state index is 12.3. The van der Waals surface area contributed by atoms with Crippen LogP contribution in [0.15, 0.2) is 18.2 Å². The Bertz CT molecular complexity index is 700. The second-order valence-corrected chi connectivity index (χ2v) is 7.33. The molecule has 1 aromatic carbocycles. The third-order valence-electron chi connectivity index (χ3n) is 4.28. The quantitative estimate of drug-likeness (QED) is 0.759. The highest BCUT2D eigenvalue weighted by atomic mass is 35.5. The first-order chi connectivity index (χ1) is 11.1. The number of amides is 2. The van der Waals surface area contributed by atoms with E-state index >= 15 is 0 Å². The van der Waals surface area contributed by atoms with Crippen molar-refractivity contribution in [1.82, 2.24) is 5.32 Å². The largest absolute Gasteiger partial charge is 0.481 e. The SMILES string of the molecule is CC(C)NC(=O)c1ccc(NC(=O)[C@H]2[C@H](C(=O)O)C2(C)C)cc1Cl. The Morgan fingerprint density at radius 3 is 2.29 bits per heavy atom. The molecule has 7 heteroatoms. The van der Waals surface area contributed by atoms with Crippen molar-refractivity contribution in [2.24, 2.45) is 17.3 Å². The topological polar surface area (TPSA) is 95.5 Å². The maximum Gasteiger partial charge on any atom is 0.307 e. The Kier molecular flexibility index (Phi) is 4.90. The molecule has 2 atom stereocenters. The van der Waals surface area contributed by atoms with Crippen LogP contribution < -0.4 is 10.6 Å². The summed E-state index contributed by atoms with van der Waals surface area (Å²) in [6, 6.07) is 4.57. The molecule has 3 N–H and O–H groups in total. The van der Waals surface area contributed by atoms with Crippen molar-refractivity contribution in [3.05, 3.63) is 28.8 Å². The number of hydrogen-bond donors (Lipinski definition) is 3. The van der Waals surface area contributed by atoms with Crippen LogP contribution in [-0.4, -0.2) is 28.9 Å². The number of aliphatic carboxylic acids is 1. The molecular weight excluding hydrogens is 332 g/mol. The molecule has 0 saturated heterocycles. The van der Waals surface area contributed by atoms with Crippen molar-refractivity contribution in [2.75, 3.05) is 5.32 Å². The van der Waals surface area contributed by atoms with Gasteiger partial charge in [0.15, 0.2) is 0 Å². The van der Waals surface area contributed by atoms with Crippen LogP contribution >= 0.6 is 11.6 Å². The molecular formula is C17H21ClN2O4. The van der Waals surface area contributed by atoms with Crippen LogP contribution in [0.4, 0.5) is 5.69 Å². The van der Waals surface area contributed by atoms with E-state index in [4.69, 9.17) is 16.7 Å². The monoisotopic (exact) mass is 352 g/mol. The van der Waals surface area contributed by atoms with Crippen molar-refractivity contribution in [3.63, 3.8) is 0 Å². The van der Waals surface area contributed by atoms with Crippen LogP contribution in [0, 0.1) is 17.3 Å². The molecule has 1 saturated carbocycles. The summed E-state index contributed by atoms with van der Waals surface area (Å²) >= 11 is 6.12. The second kappa shape index (κ2) is 6.43. The van der Waals surface area contributed by atoms with Gasteiger partial charge < -0.3 is 15.7 Å². The number of carboxylic acid groups (broad SMARTS) is 1. The maximum absolute atomic E-state index is 12.3. The average Bonchev–Trinajstić information content (AvgIpc) is 3.01. The summed E-state index contributed by atoms with van der Waals surface area (Å²) < 4.78 is 0. The van der Waals surface area contributed by atoms with Crippen LogP contribution in [0.2, 0.25) is 5.02 Å². The number of carbonyl (C=O) groups excluding carboxylic acids is 2. The van der Waals surface area contributed by atoms with E-state index in [0.717, 1.165) is 0 Å². The van der Waals surface area contributed by atoms with Gasteiger partial charge in [-0.3, -0.25) is 14.4 Å². The zero-order chi connectivity index (χ0) is 18.2. The Balaban J connectivity index is 2.09. The van der Waals surface area contributed by atoms with Gasteiger partial charge in [-0.25, -0.2) is 0 Å². The highest BCUT2D eigenvalue weighted by Crippen LogP contribution is 2.58. The van der Waals surface area contributed by atoms with Gasteiger partial charge in [-0.15, -0.1) is 0 Å². The first kappa shape index (κ1) is 18.3. The molecule has 1 fully saturated rings. The molecule has 0 aliphatic heterocycles. The summed E-state index contributed by atoms with van der Waals surface area (Å²) in [6.07, 6.45) is 0. The molecule has 0 heterocycles. The minimum absolute atomic E-state index is 0.0157. The lowest BCUT2D eigenvalue weighted by Crippen LogP contribution is -2.30. The first-order valence-corrected chi connectivity index (χ1v) is 8.07. The van der Waals surface area contributed by atoms with Gasteiger partial charge in [0.2, 0.25) is 5.91 Å². The molecule has 6 nitrogen and oxygen atoms in total. The molecule has 0 bridgehead atoms. The van der Waals surface area contributed by atoms with E-state index in [0.29, 0.717) is 11.3 Å². The Morgan fingerprint density at radius 1 is 1.21 bits per heavy atom. The van der Waals surface area contributed by atoms with Crippen molar-refractivity contribution in [2.45, 2.75) is 33.7 Å². The number of rotatable bonds is 5. The lowest BCUT2D eigenvalue weighted by atomic mass is 10.1. The number of carboxylic acids is 1. The fourth-order valence-electron chi connectivity index (χ4n) is 2.92. The zero-order valence-electron chi connectivity index (χ0n) is 14.0. The third kappa shape index (κ3) is 3.53. The van der Waals surface area contributed by atoms with Gasteiger partial charge in [-0.1, -0.05) is 25.4 Å². The predicted molar refractivity (Wildman–Crippen MR) is 91.1 cm³/mol. The van der Waals surface area contributed by atoms with Gasteiger partial charge >= 0.3 is 5.97 Å². The normalized spacial score (nSPS) is 21.2.